The maximum Gasteiger partial charge on any atom is 0.243 e. The number of sulfone groups is 1. The first-order valence-corrected chi connectivity index (χ1v) is 16.7. The molecule has 13 heteroatoms. The molecule has 2 aliphatic heterocycles. The van der Waals surface area contributed by atoms with Crippen molar-refractivity contribution in [1.82, 2.24) is 19.6 Å². The number of hydrogen-bond acceptors (Lipinski definition) is 10. The minimum absolute atomic E-state index is 0.00422. The fourth-order valence-corrected chi connectivity index (χ4v) is 7.38. The second-order valence-corrected chi connectivity index (χ2v) is 14.5. The van der Waals surface area contributed by atoms with Crippen molar-refractivity contribution in [3.63, 3.8) is 0 Å². The molecule has 2 aliphatic rings. The normalized spacial score (nSPS) is 20.2. The van der Waals surface area contributed by atoms with Crippen molar-refractivity contribution in [2.45, 2.75) is 46.8 Å². The van der Waals surface area contributed by atoms with E-state index in [9.17, 15) is 21.9 Å². The van der Waals surface area contributed by atoms with Gasteiger partial charge in [0, 0.05) is 49.9 Å². The van der Waals surface area contributed by atoms with Crippen LogP contribution in [-0.2, 0) is 24.6 Å². The third kappa shape index (κ3) is 7.11. The molecule has 2 fully saturated rings. The number of aliphatic hydroxyl groups is 1. The van der Waals surface area contributed by atoms with E-state index in [2.05, 4.69) is 15.3 Å². The van der Waals surface area contributed by atoms with E-state index in [0.717, 1.165) is 17.4 Å². The van der Waals surface area contributed by atoms with Gasteiger partial charge in [0.2, 0.25) is 10.0 Å². The molecule has 220 valence electrons. The zero-order chi connectivity index (χ0) is 29.1. The third-order valence-electron chi connectivity index (χ3n) is 7.53. The lowest BCUT2D eigenvalue weighted by Gasteiger charge is -2.38. The SMILES string of the molecule is CS(=O)(=O)c1cccc(OC[C@@H](O)CNC2COC3(CCN(S(=O)(=O)c4cccc(-c5cncnc5)c4)CC3)C2)c1. The van der Waals surface area contributed by atoms with Gasteiger partial charge in [0.15, 0.2) is 9.84 Å². The Morgan fingerprint density at radius 2 is 1.76 bits per heavy atom. The third-order valence-corrected chi connectivity index (χ3v) is 10.5. The van der Waals surface area contributed by atoms with Crippen molar-refractivity contribution < 1.29 is 31.4 Å². The minimum atomic E-state index is -3.67. The number of ether oxygens (including phenoxy) is 2. The molecule has 0 saturated carbocycles. The Labute approximate surface area is 240 Å². The van der Waals surface area contributed by atoms with Crippen molar-refractivity contribution in [2.75, 3.05) is 39.1 Å². The van der Waals surface area contributed by atoms with Gasteiger partial charge in [-0.1, -0.05) is 18.2 Å². The highest BCUT2D eigenvalue weighted by Gasteiger charge is 2.44. The molecular weight excluding hydrogens is 568 g/mol. The van der Waals surface area contributed by atoms with Crippen LogP contribution in [0.2, 0.25) is 0 Å². The van der Waals surface area contributed by atoms with Crippen molar-refractivity contribution in [2.24, 2.45) is 0 Å². The molecule has 0 bridgehead atoms. The van der Waals surface area contributed by atoms with E-state index in [1.165, 1.54) is 22.8 Å². The van der Waals surface area contributed by atoms with Gasteiger partial charge in [-0.2, -0.15) is 4.31 Å². The Hall–Kier alpha value is -2.94. The topological polar surface area (TPSA) is 148 Å². The molecule has 2 aromatic carbocycles. The molecule has 1 unspecified atom stereocenters. The monoisotopic (exact) mass is 602 g/mol. The van der Waals surface area contributed by atoms with Crippen LogP contribution in [0.15, 0.2) is 77.0 Å². The van der Waals surface area contributed by atoms with Gasteiger partial charge < -0.3 is 19.9 Å². The largest absolute Gasteiger partial charge is 0.491 e. The van der Waals surface area contributed by atoms with Gasteiger partial charge in [0.25, 0.3) is 0 Å². The van der Waals surface area contributed by atoms with Gasteiger partial charge in [-0.25, -0.2) is 26.8 Å². The summed E-state index contributed by atoms with van der Waals surface area (Å²) < 4.78 is 63.6. The lowest BCUT2D eigenvalue weighted by atomic mass is 9.88. The van der Waals surface area contributed by atoms with Gasteiger partial charge in [-0.05, 0) is 55.2 Å². The van der Waals surface area contributed by atoms with E-state index in [1.807, 2.05) is 6.07 Å². The fraction of sp³-hybridized carbons (Fsp3) is 0.429. The molecule has 0 amide bonds. The quantitative estimate of drug-likeness (QED) is 0.352. The molecule has 0 aliphatic carbocycles. The Balaban J connectivity index is 1.10. The maximum atomic E-state index is 13.4. The van der Waals surface area contributed by atoms with Crippen molar-refractivity contribution in [1.29, 1.82) is 0 Å². The van der Waals surface area contributed by atoms with E-state index in [0.29, 0.717) is 44.7 Å². The van der Waals surface area contributed by atoms with E-state index >= 15 is 0 Å². The summed E-state index contributed by atoms with van der Waals surface area (Å²) in [6.07, 6.45) is 6.94. The molecule has 11 nitrogen and oxygen atoms in total. The summed E-state index contributed by atoms with van der Waals surface area (Å²) in [4.78, 5) is 8.43. The minimum Gasteiger partial charge on any atom is -0.491 e. The highest BCUT2D eigenvalue weighted by Crippen LogP contribution is 2.37. The number of nitrogens with zero attached hydrogens (tertiary/aromatic N) is 3. The lowest BCUT2D eigenvalue weighted by molar-refractivity contribution is -0.0312. The molecule has 41 heavy (non-hydrogen) atoms. The van der Waals surface area contributed by atoms with Gasteiger partial charge >= 0.3 is 0 Å². The fourth-order valence-electron chi connectivity index (χ4n) is 5.24. The Kier molecular flexibility index (Phi) is 8.73. The first kappa shape index (κ1) is 29.5. The number of rotatable bonds is 10. The number of aliphatic hydroxyl groups excluding tert-OH is 1. The first-order valence-electron chi connectivity index (χ1n) is 13.4. The van der Waals surface area contributed by atoms with Crippen LogP contribution in [0.1, 0.15) is 19.3 Å². The second-order valence-electron chi connectivity index (χ2n) is 10.6. The van der Waals surface area contributed by atoms with Gasteiger partial charge in [-0.15, -0.1) is 0 Å². The van der Waals surface area contributed by atoms with Crippen LogP contribution >= 0.6 is 0 Å². The predicted molar refractivity (Wildman–Crippen MR) is 152 cm³/mol. The smallest absolute Gasteiger partial charge is 0.243 e. The standard InChI is InChI=1S/C28H34N4O7S2/c1-40(34,35)26-6-3-5-25(13-26)38-19-24(33)17-31-23-14-28(39-18-23)8-10-32(11-9-28)41(36,37)27-7-2-4-21(12-27)22-15-29-20-30-16-22/h2-7,12-13,15-16,20,23-24,31,33H,8-11,14,17-19H2,1H3/t23?,24-/m0/s1. The zero-order valence-electron chi connectivity index (χ0n) is 22.7. The van der Waals surface area contributed by atoms with Crippen LogP contribution in [0.5, 0.6) is 5.75 Å². The van der Waals surface area contributed by atoms with Crippen molar-refractivity contribution in [3.05, 3.63) is 67.3 Å². The lowest BCUT2D eigenvalue weighted by Crippen LogP contribution is -2.47. The summed E-state index contributed by atoms with van der Waals surface area (Å²) in [6.45, 7) is 1.47. The van der Waals surface area contributed by atoms with E-state index < -0.39 is 31.6 Å². The molecule has 3 aromatic rings. The Morgan fingerprint density at radius 3 is 2.49 bits per heavy atom. The number of hydrogen-bond donors (Lipinski definition) is 2. The summed E-state index contributed by atoms with van der Waals surface area (Å²) in [5.41, 5.74) is 1.08. The molecule has 3 heterocycles. The highest BCUT2D eigenvalue weighted by molar-refractivity contribution is 7.90. The zero-order valence-corrected chi connectivity index (χ0v) is 24.4. The number of sulfonamides is 1. The van der Waals surface area contributed by atoms with Crippen LogP contribution in [0, 0.1) is 0 Å². The second kappa shape index (κ2) is 12.1. The summed E-state index contributed by atoms with van der Waals surface area (Å²) in [5, 5.41) is 13.7. The molecular formula is C28H34N4O7S2. The van der Waals surface area contributed by atoms with E-state index in [4.69, 9.17) is 9.47 Å². The van der Waals surface area contributed by atoms with E-state index in [-0.39, 0.29) is 29.0 Å². The Morgan fingerprint density at radius 1 is 1.05 bits per heavy atom. The molecule has 2 atom stereocenters. The molecule has 1 spiro atoms. The van der Waals surface area contributed by atoms with Gasteiger partial charge in [-0.3, -0.25) is 0 Å². The van der Waals surface area contributed by atoms with E-state index in [1.54, 1.807) is 42.7 Å². The number of piperidine rings is 1. The number of nitrogens with one attached hydrogen (secondary N) is 1. The number of benzene rings is 2. The van der Waals surface area contributed by atoms with Crippen LogP contribution in [0.3, 0.4) is 0 Å². The van der Waals surface area contributed by atoms with Crippen molar-refractivity contribution in [3.8, 4) is 16.9 Å². The average Bonchev–Trinajstić information content (AvgIpc) is 3.37. The highest BCUT2D eigenvalue weighted by atomic mass is 32.2. The summed E-state index contributed by atoms with van der Waals surface area (Å²) in [7, 11) is -7.02. The van der Waals surface area contributed by atoms with Crippen LogP contribution in [-0.4, -0.2) is 93.1 Å². The van der Waals surface area contributed by atoms with Gasteiger partial charge in [0.1, 0.15) is 24.8 Å². The van der Waals surface area contributed by atoms with Crippen molar-refractivity contribution >= 4 is 19.9 Å². The summed E-state index contributed by atoms with van der Waals surface area (Å²) in [5.74, 6) is 0.373. The van der Waals surface area contributed by atoms with Crippen LogP contribution in [0.25, 0.3) is 11.1 Å². The molecule has 2 N–H and O–H groups in total. The first-order chi connectivity index (χ1) is 19.5. The molecule has 1 aromatic heterocycles. The molecule has 2 saturated heterocycles. The van der Waals surface area contributed by atoms with Gasteiger partial charge in [0.05, 0.1) is 22.0 Å². The molecule has 0 radical (unpaired) electrons. The summed E-state index contributed by atoms with van der Waals surface area (Å²) in [6, 6.07) is 13.0. The summed E-state index contributed by atoms with van der Waals surface area (Å²) >= 11 is 0. The molecule has 5 rings (SSSR count). The average molecular weight is 603 g/mol. The number of aromatic nitrogens is 2. The Bertz CT molecular complexity index is 1560. The van der Waals surface area contributed by atoms with Crippen LogP contribution < -0.4 is 10.1 Å². The van der Waals surface area contributed by atoms with Crippen LogP contribution in [0.4, 0.5) is 0 Å². The predicted octanol–water partition coefficient (Wildman–Crippen LogP) is 1.89. The maximum absolute atomic E-state index is 13.4.